The summed E-state index contributed by atoms with van der Waals surface area (Å²) < 4.78 is 14.6. The fourth-order valence-electron chi connectivity index (χ4n) is 1.94. The molecule has 0 bridgehead atoms. The molecule has 2 aromatic carbocycles. The number of rotatable bonds is 6. The number of hydrogen-bond donors (Lipinski definition) is 1. The molecule has 0 aliphatic heterocycles. The van der Waals surface area contributed by atoms with Crippen molar-refractivity contribution in [3.8, 4) is 5.69 Å². The largest absolute Gasteiger partial charge is 0.272 e. The molecule has 3 aromatic rings. The molecular weight excluding hydrogens is 379 g/mol. The highest BCUT2D eigenvalue weighted by molar-refractivity contribution is 7.99. The monoisotopic (exact) mass is 390 g/mol. The molecule has 1 heterocycles. The molecule has 1 aromatic heterocycles. The lowest BCUT2D eigenvalue weighted by Gasteiger charge is -2.04. The molecule has 0 aliphatic rings. The summed E-state index contributed by atoms with van der Waals surface area (Å²) in [7, 11) is 0. The molecule has 0 saturated carbocycles. The van der Waals surface area contributed by atoms with Crippen LogP contribution in [0, 0.1) is 5.82 Å². The lowest BCUT2D eigenvalue weighted by molar-refractivity contribution is -0.118. The zero-order valence-electron chi connectivity index (χ0n) is 13.2. The Kier molecular flexibility index (Phi) is 5.92. The third-order valence-corrected chi connectivity index (χ3v) is 4.27. The number of halogens is 2. The highest BCUT2D eigenvalue weighted by atomic mass is 35.5. The Morgan fingerprint density at radius 2 is 2.12 bits per heavy atom. The van der Waals surface area contributed by atoms with Gasteiger partial charge in [0.15, 0.2) is 0 Å². The molecule has 0 spiro atoms. The summed E-state index contributed by atoms with van der Waals surface area (Å²) in [5.41, 5.74) is 3.65. The topological polar surface area (TPSA) is 85.1 Å². The highest BCUT2D eigenvalue weighted by Crippen LogP contribution is 2.19. The van der Waals surface area contributed by atoms with Crippen molar-refractivity contribution in [2.75, 3.05) is 5.75 Å². The minimum atomic E-state index is -0.370. The van der Waals surface area contributed by atoms with Gasteiger partial charge < -0.3 is 0 Å². The van der Waals surface area contributed by atoms with Crippen molar-refractivity contribution in [2.24, 2.45) is 5.10 Å². The molecule has 10 heteroatoms. The second-order valence-corrected chi connectivity index (χ2v) is 6.37. The summed E-state index contributed by atoms with van der Waals surface area (Å²) in [5, 5.41) is 16.3. The van der Waals surface area contributed by atoms with Crippen molar-refractivity contribution >= 4 is 35.5 Å². The molecule has 1 amide bonds. The first-order valence-corrected chi connectivity index (χ1v) is 8.73. The van der Waals surface area contributed by atoms with Crippen LogP contribution in [0.5, 0.6) is 0 Å². The summed E-state index contributed by atoms with van der Waals surface area (Å²) in [4.78, 5) is 11.9. The maximum atomic E-state index is 13.0. The molecule has 0 atom stereocenters. The van der Waals surface area contributed by atoms with E-state index in [1.807, 2.05) is 0 Å². The molecule has 0 aliphatic carbocycles. The van der Waals surface area contributed by atoms with Crippen LogP contribution in [0.3, 0.4) is 0 Å². The van der Waals surface area contributed by atoms with Gasteiger partial charge in [-0.1, -0.05) is 35.5 Å². The van der Waals surface area contributed by atoms with Crippen LogP contribution < -0.4 is 5.43 Å². The highest BCUT2D eigenvalue weighted by Gasteiger charge is 2.11. The number of carbonyl (C=O) groups excluding carboxylic acids is 1. The van der Waals surface area contributed by atoms with Gasteiger partial charge in [-0.15, -0.1) is 5.10 Å². The number of benzene rings is 2. The summed E-state index contributed by atoms with van der Waals surface area (Å²) >= 11 is 7.02. The van der Waals surface area contributed by atoms with Crippen LogP contribution in [0.15, 0.2) is 58.8 Å². The quantitative estimate of drug-likeness (QED) is 0.397. The van der Waals surface area contributed by atoms with Gasteiger partial charge in [0.25, 0.3) is 5.91 Å². The fraction of sp³-hybridized carbons (Fsp3) is 0.0625. The number of nitrogens with one attached hydrogen (secondary N) is 1. The first kappa shape index (κ1) is 18.0. The number of thioether (sulfide) groups is 1. The summed E-state index contributed by atoms with van der Waals surface area (Å²) in [6.07, 6.45) is 1.36. The SMILES string of the molecule is O=C(CSc1nnnn1-c1ccc(Cl)cc1)N/N=C/c1cccc(F)c1. The predicted octanol–water partition coefficient (Wildman–Crippen LogP) is 2.70. The van der Waals surface area contributed by atoms with Crippen molar-refractivity contribution in [3.63, 3.8) is 0 Å². The van der Waals surface area contributed by atoms with Gasteiger partial charge in [0, 0.05) is 5.02 Å². The number of amides is 1. The van der Waals surface area contributed by atoms with E-state index in [1.165, 1.54) is 23.0 Å². The Morgan fingerprint density at radius 3 is 2.88 bits per heavy atom. The summed E-state index contributed by atoms with van der Waals surface area (Å²) in [6.45, 7) is 0. The maximum absolute atomic E-state index is 13.0. The van der Waals surface area contributed by atoms with Crippen LogP contribution >= 0.6 is 23.4 Å². The minimum absolute atomic E-state index is 0.0639. The number of hydrazone groups is 1. The van der Waals surface area contributed by atoms with E-state index >= 15 is 0 Å². The second kappa shape index (κ2) is 8.54. The van der Waals surface area contributed by atoms with Crippen LogP contribution in [-0.2, 0) is 4.79 Å². The van der Waals surface area contributed by atoms with Gasteiger partial charge in [0.2, 0.25) is 5.16 Å². The molecule has 26 heavy (non-hydrogen) atoms. The van der Waals surface area contributed by atoms with Gasteiger partial charge >= 0.3 is 0 Å². The molecule has 7 nitrogen and oxygen atoms in total. The first-order chi connectivity index (χ1) is 12.6. The van der Waals surface area contributed by atoms with Crippen LogP contribution in [0.1, 0.15) is 5.56 Å². The van der Waals surface area contributed by atoms with Crippen molar-refractivity contribution < 1.29 is 9.18 Å². The molecule has 132 valence electrons. The standard InChI is InChI=1S/C16H12ClFN6OS/c17-12-4-6-14(7-5-12)24-16(21-22-23-24)26-10-15(25)20-19-9-11-2-1-3-13(18)8-11/h1-9H,10H2,(H,20,25)/b19-9+. The van der Waals surface area contributed by atoms with E-state index in [0.29, 0.717) is 15.7 Å². The number of hydrogen-bond acceptors (Lipinski definition) is 6. The van der Waals surface area contributed by atoms with Gasteiger partial charge in [-0.05, 0) is 52.4 Å². The first-order valence-electron chi connectivity index (χ1n) is 7.36. The predicted molar refractivity (Wildman–Crippen MR) is 97.0 cm³/mol. The molecule has 1 N–H and O–H groups in total. The molecule has 0 unspecified atom stereocenters. The number of aromatic nitrogens is 4. The second-order valence-electron chi connectivity index (χ2n) is 4.99. The van der Waals surface area contributed by atoms with Gasteiger partial charge in [-0.2, -0.15) is 9.78 Å². The normalized spacial score (nSPS) is 11.0. The molecule has 3 rings (SSSR count). The van der Waals surface area contributed by atoms with Gasteiger partial charge in [0.1, 0.15) is 5.82 Å². The van der Waals surface area contributed by atoms with E-state index in [4.69, 9.17) is 11.6 Å². The Morgan fingerprint density at radius 1 is 1.31 bits per heavy atom. The van der Waals surface area contributed by atoms with Crippen LogP contribution in [0.4, 0.5) is 4.39 Å². The van der Waals surface area contributed by atoms with Crippen molar-refractivity contribution in [2.45, 2.75) is 5.16 Å². The zero-order chi connectivity index (χ0) is 18.4. The molecule has 0 saturated heterocycles. The fourth-order valence-corrected chi connectivity index (χ4v) is 2.75. The van der Waals surface area contributed by atoms with Crippen molar-refractivity contribution in [3.05, 3.63) is 64.9 Å². The van der Waals surface area contributed by atoms with Gasteiger partial charge in [0.05, 0.1) is 17.7 Å². The average molecular weight is 391 g/mol. The third kappa shape index (κ3) is 4.87. The lowest BCUT2D eigenvalue weighted by atomic mass is 10.2. The number of tetrazole rings is 1. The number of carbonyl (C=O) groups is 1. The minimum Gasteiger partial charge on any atom is -0.272 e. The molecular formula is C16H12ClFN6OS. The Balaban J connectivity index is 1.55. The smallest absolute Gasteiger partial charge is 0.250 e. The van der Waals surface area contributed by atoms with Gasteiger partial charge in [-0.3, -0.25) is 4.79 Å². The number of nitrogens with zero attached hydrogens (tertiary/aromatic N) is 5. The average Bonchev–Trinajstić information content (AvgIpc) is 3.09. The lowest BCUT2D eigenvalue weighted by Crippen LogP contribution is -2.20. The van der Waals surface area contributed by atoms with Gasteiger partial charge in [-0.25, -0.2) is 9.82 Å². The molecule has 0 radical (unpaired) electrons. The van der Waals surface area contributed by atoms with E-state index < -0.39 is 0 Å². The Bertz CT molecular complexity index is 930. The van der Waals surface area contributed by atoms with E-state index in [9.17, 15) is 9.18 Å². The Labute approximate surface area is 157 Å². The van der Waals surface area contributed by atoms with Crippen LogP contribution in [0.25, 0.3) is 5.69 Å². The van der Waals surface area contributed by atoms with Crippen molar-refractivity contribution in [1.82, 2.24) is 25.6 Å². The summed E-state index contributed by atoms with van der Waals surface area (Å²) in [5.74, 6) is -0.646. The van der Waals surface area contributed by atoms with E-state index in [-0.39, 0.29) is 17.5 Å². The summed E-state index contributed by atoms with van der Waals surface area (Å²) in [6, 6.07) is 12.9. The van der Waals surface area contributed by atoms with Crippen molar-refractivity contribution in [1.29, 1.82) is 0 Å². The molecule has 0 fully saturated rings. The van der Waals surface area contributed by atoms with E-state index in [2.05, 4.69) is 26.1 Å². The Hall–Kier alpha value is -2.78. The zero-order valence-corrected chi connectivity index (χ0v) is 14.8. The van der Waals surface area contributed by atoms with Crippen LogP contribution in [0.2, 0.25) is 5.02 Å². The van der Waals surface area contributed by atoms with E-state index in [0.717, 1.165) is 17.4 Å². The van der Waals surface area contributed by atoms with Crippen LogP contribution in [-0.4, -0.2) is 38.1 Å². The maximum Gasteiger partial charge on any atom is 0.250 e. The van der Waals surface area contributed by atoms with E-state index in [1.54, 1.807) is 36.4 Å². The third-order valence-electron chi connectivity index (χ3n) is 3.10.